The van der Waals surface area contributed by atoms with Crippen LogP contribution in [-0.4, -0.2) is 20.4 Å². The minimum atomic E-state index is -3.81. The fourth-order valence-electron chi connectivity index (χ4n) is 2.40. The van der Waals surface area contributed by atoms with Gasteiger partial charge in [0.2, 0.25) is 15.9 Å². The van der Waals surface area contributed by atoms with Crippen LogP contribution < -0.4 is 10.0 Å². The maximum Gasteiger partial charge on any atom is 0.242 e. The van der Waals surface area contributed by atoms with Crippen molar-refractivity contribution in [2.24, 2.45) is 0 Å². The third-order valence-corrected chi connectivity index (χ3v) is 5.65. The number of nitrogens with one attached hydrogen (secondary N) is 2. The van der Waals surface area contributed by atoms with Crippen molar-refractivity contribution in [2.75, 3.05) is 5.32 Å². The number of para-hydroxylation sites is 1. The number of hydrogen-bond donors (Lipinski definition) is 2. The van der Waals surface area contributed by atoms with Gasteiger partial charge in [-0.15, -0.1) is 0 Å². The number of amides is 1. The molecule has 25 heavy (non-hydrogen) atoms. The molecule has 2 aromatic carbocycles. The molecule has 7 heteroatoms. The van der Waals surface area contributed by atoms with Crippen molar-refractivity contribution in [3.63, 3.8) is 0 Å². The molecule has 0 saturated heterocycles. The van der Waals surface area contributed by atoms with Gasteiger partial charge in [0.25, 0.3) is 0 Å². The van der Waals surface area contributed by atoms with Crippen LogP contribution in [0.3, 0.4) is 0 Å². The van der Waals surface area contributed by atoms with Gasteiger partial charge in [-0.3, -0.25) is 4.79 Å². The molecule has 0 saturated carbocycles. The monoisotopic (exact) mass is 380 g/mol. The number of carbonyl (C=O) groups is 1. The quantitative estimate of drug-likeness (QED) is 0.805. The molecular weight excluding hydrogens is 360 g/mol. The van der Waals surface area contributed by atoms with E-state index in [4.69, 9.17) is 11.6 Å². The molecule has 0 aromatic heterocycles. The van der Waals surface area contributed by atoms with Crippen molar-refractivity contribution in [2.45, 2.75) is 38.1 Å². The van der Waals surface area contributed by atoms with Crippen LogP contribution in [0.2, 0.25) is 5.02 Å². The molecular formula is C18H21ClN2O3S. The molecule has 1 atom stereocenters. The number of benzene rings is 2. The second-order valence-electron chi connectivity index (χ2n) is 5.75. The van der Waals surface area contributed by atoms with E-state index in [-0.39, 0.29) is 4.90 Å². The Kier molecular flexibility index (Phi) is 6.21. The van der Waals surface area contributed by atoms with E-state index >= 15 is 0 Å². The Morgan fingerprint density at radius 1 is 1.16 bits per heavy atom. The van der Waals surface area contributed by atoms with Gasteiger partial charge in [0.1, 0.15) is 0 Å². The maximum absolute atomic E-state index is 12.4. The van der Waals surface area contributed by atoms with E-state index in [0.717, 1.165) is 23.2 Å². The standard InChI is InChI=1S/C18H21ClN2O3S/c1-4-14-7-5-6-12(2)17(14)20-18(22)13(3)21-25(23,24)16-10-8-15(19)9-11-16/h5-11,13,21H,4H2,1-3H3,(H,20,22)/t13-/m1/s1. The average molecular weight is 381 g/mol. The smallest absolute Gasteiger partial charge is 0.242 e. The summed E-state index contributed by atoms with van der Waals surface area (Å²) in [5.74, 6) is -0.415. The van der Waals surface area contributed by atoms with E-state index in [1.54, 1.807) is 0 Å². The van der Waals surface area contributed by atoms with E-state index < -0.39 is 22.0 Å². The molecule has 0 unspecified atom stereocenters. The molecule has 2 aromatic rings. The topological polar surface area (TPSA) is 75.3 Å². The molecule has 0 heterocycles. The Morgan fingerprint density at radius 3 is 2.40 bits per heavy atom. The van der Waals surface area contributed by atoms with Gasteiger partial charge in [0.05, 0.1) is 10.9 Å². The van der Waals surface area contributed by atoms with Crippen LogP contribution in [0.5, 0.6) is 0 Å². The van der Waals surface area contributed by atoms with E-state index in [1.807, 2.05) is 32.0 Å². The number of aryl methyl sites for hydroxylation is 2. The molecule has 134 valence electrons. The second-order valence-corrected chi connectivity index (χ2v) is 7.90. The van der Waals surface area contributed by atoms with Gasteiger partial charge in [-0.2, -0.15) is 4.72 Å². The van der Waals surface area contributed by atoms with Crippen LogP contribution in [0.25, 0.3) is 0 Å². The number of rotatable bonds is 6. The Hall–Kier alpha value is -1.89. The summed E-state index contributed by atoms with van der Waals surface area (Å²) < 4.78 is 27.1. The summed E-state index contributed by atoms with van der Waals surface area (Å²) in [6.45, 7) is 5.40. The zero-order valence-electron chi connectivity index (χ0n) is 14.3. The van der Waals surface area contributed by atoms with E-state index in [1.165, 1.54) is 31.2 Å². The van der Waals surface area contributed by atoms with E-state index in [2.05, 4.69) is 10.0 Å². The number of anilines is 1. The van der Waals surface area contributed by atoms with Crippen molar-refractivity contribution in [1.29, 1.82) is 0 Å². The Bertz CT molecular complexity index is 864. The van der Waals surface area contributed by atoms with E-state index in [0.29, 0.717) is 5.02 Å². The second kappa shape index (κ2) is 7.99. The number of halogens is 1. The summed E-state index contributed by atoms with van der Waals surface area (Å²) in [4.78, 5) is 12.5. The summed E-state index contributed by atoms with van der Waals surface area (Å²) in [5, 5.41) is 3.27. The van der Waals surface area contributed by atoms with Gasteiger partial charge in [0, 0.05) is 10.7 Å². The lowest BCUT2D eigenvalue weighted by Crippen LogP contribution is -2.41. The third-order valence-electron chi connectivity index (χ3n) is 3.84. The van der Waals surface area contributed by atoms with Crippen molar-refractivity contribution in [3.8, 4) is 0 Å². The molecule has 0 bridgehead atoms. The Morgan fingerprint density at radius 2 is 1.80 bits per heavy atom. The van der Waals surface area contributed by atoms with Gasteiger partial charge in [-0.25, -0.2) is 8.42 Å². The zero-order chi connectivity index (χ0) is 18.6. The van der Waals surface area contributed by atoms with Gasteiger partial charge >= 0.3 is 0 Å². The lowest BCUT2D eigenvalue weighted by Gasteiger charge is -2.17. The zero-order valence-corrected chi connectivity index (χ0v) is 15.9. The molecule has 2 N–H and O–H groups in total. The maximum atomic E-state index is 12.4. The van der Waals surface area contributed by atoms with Gasteiger partial charge in [-0.05, 0) is 55.7 Å². The minimum absolute atomic E-state index is 0.0571. The normalized spacial score (nSPS) is 12.6. The summed E-state index contributed by atoms with van der Waals surface area (Å²) >= 11 is 5.77. The predicted molar refractivity (Wildman–Crippen MR) is 100 cm³/mol. The van der Waals surface area contributed by atoms with E-state index in [9.17, 15) is 13.2 Å². The first-order valence-electron chi connectivity index (χ1n) is 7.92. The molecule has 0 spiro atoms. The Labute approximate surface area is 153 Å². The summed E-state index contributed by atoms with van der Waals surface area (Å²) in [6.07, 6.45) is 0.766. The lowest BCUT2D eigenvalue weighted by molar-refractivity contribution is -0.117. The predicted octanol–water partition coefficient (Wildman–Crippen LogP) is 3.52. The molecule has 0 radical (unpaired) electrons. The first-order valence-corrected chi connectivity index (χ1v) is 9.78. The van der Waals surface area contributed by atoms with Crippen molar-refractivity contribution in [1.82, 2.24) is 4.72 Å². The van der Waals surface area contributed by atoms with Crippen molar-refractivity contribution < 1.29 is 13.2 Å². The summed E-state index contributed by atoms with van der Waals surface area (Å²) in [5.41, 5.74) is 2.66. The molecule has 1 amide bonds. The van der Waals surface area contributed by atoms with Gasteiger partial charge in [0.15, 0.2) is 0 Å². The van der Waals surface area contributed by atoms with Crippen LogP contribution in [0.15, 0.2) is 47.4 Å². The van der Waals surface area contributed by atoms with Crippen LogP contribution in [-0.2, 0) is 21.2 Å². The highest BCUT2D eigenvalue weighted by Gasteiger charge is 2.22. The minimum Gasteiger partial charge on any atom is -0.324 e. The molecule has 2 rings (SSSR count). The highest BCUT2D eigenvalue weighted by molar-refractivity contribution is 7.89. The fourth-order valence-corrected chi connectivity index (χ4v) is 3.73. The van der Waals surface area contributed by atoms with Crippen LogP contribution in [0, 0.1) is 6.92 Å². The third kappa shape index (κ3) is 4.81. The molecule has 5 nitrogen and oxygen atoms in total. The molecule has 0 aliphatic heterocycles. The molecule has 0 fully saturated rings. The van der Waals surface area contributed by atoms with Crippen LogP contribution >= 0.6 is 11.6 Å². The Balaban J connectivity index is 2.14. The lowest BCUT2D eigenvalue weighted by atomic mass is 10.1. The van der Waals surface area contributed by atoms with Gasteiger partial charge < -0.3 is 5.32 Å². The largest absolute Gasteiger partial charge is 0.324 e. The highest BCUT2D eigenvalue weighted by Crippen LogP contribution is 2.21. The van der Waals surface area contributed by atoms with Crippen LogP contribution in [0.4, 0.5) is 5.69 Å². The highest BCUT2D eigenvalue weighted by atomic mass is 35.5. The number of hydrogen-bond acceptors (Lipinski definition) is 3. The van der Waals surface area contributed by atoms with Crippen molar-refractivity contribution in [3.05, 3.63) is 58.6 Å². The van der Waals surface area contributed by atoms with Crippen molar-refractivity contribution >= 4 is 33.2 Å². The SMILES string of the molecule is CCc1cccc(C)c1NC(=O)[C@@H](C)NS(=O)(=O)c1ccc(Cl)cc1. The first-order chi connectivity index (χ1) is 11.7. The van der Waals surface area contributed by atoms with Crippen LogP contribution in [0.1, 0.15) is 25.0 Å². The summed E-state index contributed by atoms with van der Waals surface area (Å²) in [6, 6.07) is 10.6. The molecule has 0 aliphatic rings. The fraction of sp³-hybridized carbons (Fsp3) is 0.278. The van der Waals surface area contributed by atoms with Gasteiger partial charge in [-0.1, -0.05) is 36.7 Å². The summed E-state index contributed by atoms with van der Waals surface area (Å²) in [7, 11) is -3.81. The first kappa shape index (κ1) is 19.4. The number of carbonyl (C=O) groups excluding carboxylic acids is 1. The molecule has 0 aliphatic carbocycles. The average Bonchev–Trinajstić information content (AvgIpc) is 2.56. The number of sulfonamides is 1.